The topological polar surface area (TPSA) is 102 Å². The molecule has 2 aliphatic rings. The second-order valence-electron chi connectivity index (χ2n) is 10.4. The van der Waals surface area contributed by atoms with E-state index in [0.717, 1.165) is 55.7 Å². The van der Waals surface area contributed by atoms with Gasteiger partial charge < -0.3 is 25.5 Å². The van der Waals surface area contributed by atoms with Gasteiger partial charge >= 0.3 is 12.0 Å². The monoisotopic (exact) mass is 506 g/mol. The summed E-state index contributed by atoms with van der Waals surface area (Å²) in [5.41, 5.74) is 5.42. The lowest BCUT2D eigenvalue weighted by Gasteiger charge is -2.24. The molecule has 3 N–H and O–H groups in total. The first-order valence-electron chi connectivity index (χ1n) is 13.2. The summed E-state index contributed by atoms with van der Waals surface area (Å²) in [6.45, 7) is 8.52. The number of carbonyl (C=O) groups excluding carboxylic acids is 2. The van der Waals surface area contributed by atoms with Crippen molar-refractivity contribution in [3.05, 3.63) is 64.7 Å². The number of urea groups is 1. The zero-order valence-corrected chi connectivity index (χ0v) is 21.8. The summed E-state index contributed by atoms with van der Waals surface area (Å²) >= 11 is 0. The molecular weight excluding hydrogens is 468 g/mol. The Balaban J connectivity index is 1.22. The van der Waals surface area contributed by atoms with Crippen LogP contribution in [0.4, 0.5) is 10.5 Å². The largest absolute Gasteiger partial charge is 0.481 e. The van der Waals surface area contributed by atoms with Gasteiger partial charge in [-0.3, -0.25) is 9.59 Å². The Hall–Kier alpha value is -3.55. The molecule has 0 aliphatic carbocycles. The molecule has 2 atom stereocenters. The van der Waals surface area contributed by atoms with Crippen LogP contribution < -0.4 is 15.5 Å². The molecule has 37 heavy (non-hydrogen) atoms. The average Bonchev–Trinajstić information content (AvgIpc) is 3.44. The number of benzene rings is 2. The highest BCUT2D eigenvalue weighted by Gasteiger charge is 2.42. The maximum absolute atomic E-state index is 13.2. The molecule has 3 amide bonds. The zero-order valence-electron chi connectivity index (χ0n) is 21.8. The molecule has 2 fully saturated rings. The molecule has 2 unspecified atom stereocenters. The number of anilines is 1. The molecule has 2 aromatic carbocycles. The molecule has 0 aromatic heterocycles. The van der Waals surface area contributed by atoms with Gasteiger partial charge in [0.1, 0.15) is 0 Å². The number of aliphatic carboxylic acids is 1. The van der Waals surface area contributed by atoms with Gasteiger partial charge in [0.25, 0.3) is 5.91 Å². The van der Waals surface area contributed by atoms with E-state index in [1.165, 1.54) is 11.3 Å². The van der Waals surface area contributed by atoms with Crippen LogP contribution in [0.1, 0.15) is 46.3 Å². The summed E-state index contributed by atoms with van der Waals surface area (Å²) in [5, 5.41) is 14.1. The quantitative estimate of drug-likeness (QED) is 0.428. The highest BCUT2D eigenvalue weighted by Crippen LogP contribution is 2.35. The number of nitrogens with zero attached hydrogens (tertiary/aromatic N) is 2. The lowest BCUT2D eigenvalue weighted by Crippen LogP contribution is -2.36. The van der Waals surface area contributed by atoms with E-state index in [1.54, 1.807) is 0 Å². The van der Waals surface area contributed by atoms with Crippen molar-refractivity contribution in [2.24, 2.45) is 11.8 Å². The Bertz CT molecular complexity index is 1100. The zero-order chi connectivity index (χ0) is 26.4. The number of rotatable bonds is 10. The van der Waals surface area contributed by atoms with Crippen molar-refractivity contribution in [1.82, 2.24) is 15.5 Å². The number of carbonyl (C=O) groups is 3. The summed E-state index contributed by atoms with van der Waals surface area (Å²) in [7, 11) is 0. The van der Waals surface area contributed by atoms with Crippen molar-refractivity contribution in [3.8, 4) is 0 Å². The van der Waals surface area contributed by atoms with Crippen LogP contribution in [-0.2, 0) is 11.2 Å². The molecule has 2 aromatic rings. The van der Waals surface area contributed by atoms with Gasteiger partial charge in [-0.05, 0) is 61.9 Å². The number of nitrogens with one attached hydrogen (secondary N) is 2. The summed E-state index contributed by atoms with van der Waals surface area (Å²) in [5.74, 6) is 0.304. The van der Waals surface area contributed by atoms with Gasteiger partial charge in [-0.2, -0.15) is 0 Å². The maximum atomic E-state index is 13.2. The fourth-order valence-electron chi connectivity index (χ4n) is 5.59. The van der Waals surface area contributed by atoms with Gasteiger partial charge in [0.05, 0.1) is 0 Å². The van der Waals surface area contributed by atoms with E-state index in [-0.39, 0.29) is 18.4 Å². The molecule has 0 saturated carbocycles. The first kappa shape index (κ1) is 26.5. The van der Waals surface area contributed by atoms with Crippen LogP contribution in [0.5, 0.6) is 0 Å². The van der Waals surface area contributed by atoms with Gasteiger partial charge in [0.2, 0.25) is 0 Å². The molecule has 8 nitrogen and oxygen atoms in total. The Morgan fingerprint density at radius 2 is 1.51 bits per heavy atom. The normalized spacial score (nSPS) is 18.5. The molecule has 2 aliphatic heterocycles. The minimum atomic E-state index is -0.855. The van der Waals surface area contributed by atoms with Crippen molar-refractivity contribution < 1.29 is 19.5 Å². The van der Waals surface area contributed by atoms with Crippen molar-refractivity contribution in [1.29, 1.82) is 0 Å². The number of carboxylic acids is 1. The Kier molecular flexibility index (Phi) is 8.69. The van der Waals surface area contributed by atoms with E-state index in [2.05, 4.69) is 39.8 Å². The van der Waals surface area contributed by atoms with E-state index < -0.39 is 5.97 Å². The Morgan fingerprint density at radius 1 is 0.892 bits per heavy atom. The van der Waals surface area contributed by atoms with Crippen LogP contribution in [0.15, 0.2) is 42.5 Å². The fourth-order valence-corrected chi connectivity index (χ4v) is 5.59. The summed E-state index contributed by atoms with van der Waals surface area (Å²) in [6, 6.07) is 14.4. The number of fused-ring (bicyclic) bond motifs is 1. The smallest absolute Gasteiger partial charge is 0.314 e. The van der Waals surface area contributed by atoms with Crippen molar-refractivity contribution in [3.63, 3.8) is 0 Å². The molecule has 0 spiro atoms. The third-order valence-electron chi connectivity index (χ3n) is 7.52. The van der Waals surface area contributed by atoms with Gasteiger partial charge in [-0.1, -0.05) is 30.3 Å². The number of hydrogen-bond acceptors (Lipinski definition) is 4. The van der Waals surface area contributed by atoms with E-state index >= 15 is 0 Å². The third-order valence-corrected chi connectivity index (χ3v) is 7.52. The number of aryl methyl sites for hydroxylation is 3. The molecule has 0 radical (unpaired) electrons. The SMILES string of the molecule is Cc1cccc(C)c1C(=O)N1CC2CN(c3cccc(CCCNC(=O)NCCCC(=O)O)c3)CC2C1. The highest BCUT2D eigenvalue weighted by atomic mass is 16.4. The summed E-state index contributed by atoms with van der Waals surface area (Å²) in [4.78, 5) is 40.0. The second kappa shape index (κ2) is 12.1. The predicted molar refractivity (Wildman–Crippen MR) is 144 cm³/mol. The number of amides is 3. The van der Waals surface area contributed by atoms with Crippen LogP contribution >= 0.6 is 0 Å². The van der Waals surface area contributed by atoms with Crippen molar-refractivity contribution in [2.45, 2.75) is 39.5 Å². The predicted octanol–water partition coefficient (Wildman–Crippen LogP) is 3.61. The first-order valence-corrected chi connectivity index (χ1v) is 13.2. The second-order valence-corrected chi connectivity index (χ2v) is 10.4. The van der Waals surface area contributed by atoms with E-state index in [1.807, 2.05) is 36.9 Å². The molecule has 198 valence electrons. The fraction of sp³-hybridized carbons (Fsp3) is 0.483. The van der Waals surface area contributed by atoms with E-state index in [9.17, 15) is 14.4 Å². The average molecular weight is 507 g/mol. The van der Waals surface area contributed by atoms with Crippen LogP contribution in [0.2, 0.25) is 0 Å². The summed E-state index contributed by atoms with van der Waals surface area (Å²) in [6.07, 6.45) is 2.17. The highest BCUT2D eigenvalue weighted by molar-refractivity contribution is 5.97. The van der Waals surface area contributed by atoms with Crippen LogP contribution in [-0.4, -0.2) is 67.2 Å². The minimum Gasteiger partial charge on any atom is -0.481 e. The summed E-state index contributed by atoms with van der Waals surface area (Å²) < 4.78 is 0. The Morgan fingerprint density at radius 3 is 2.16 bits per heavy atom. The molecular formula is C29H38N4O4. The van der Waals surface area contributed by atoms with Gasteiger partial charge in [-0.15, -0.1) is 0 Å². The minimum absolute atomic E-state index is 0.0542. The Labute approximate surface area is 219 Å². The lowest BCUT2D eigenvalue weighted by molar-refractivity contribution is -0.137. The molecule has 0 bridgehead atoms. The first-order chi connectivity index (χ1) is 17.8. The van der Waals surface area contributed by atoms with Gasteiger partial charge in [0.15, 0.2) is 0 Å². The molecule has 2 saturated heterocycles. The number of hydrogen-bond donors (Lipinski definition) is 3. The number of likely N-dealkylation sites (tertiary alicyclic amines) is 1. The maximum Gasteiger partial charge on any atom is 0.314 e. The van der Waals surface area contributed by atoms with Gasteiger partial charge in [-0.25, -0.2) is 4.79 Å². The van der Waals surface area contributed by atoms with Crippen LogP contribution in [0.25, 0.3) is 0 Å². The van der Waals surface area contributed by atoms with Crippen LogP contribution in [0.3, 0.4) is 0 Å². The lowest BCUT2D eigenvalue weighted by atomic mass is 10.0. The van der Waals surface area contributed by atoms with Gasteiger partial charge in [0, 0.05) is 68.8 Å². The van der Waals surface area contributed by atoms with E-state index in [4.69, 9.17) is 5.11 Å². The molecule has 2 heterocycles. The standard InChI is InChI=1S/C29H38N4O4/c1-20-7-3-8-21(2)27(20)28(36)33-18-23-16-32(17-24(23)19-33)25-11-4-9-22(15-25)10-5-13-30-29(37)31-14-6-12-26(34)35/h3-4,7-9,11,15,23-24H,5-6,10,12-14,16-19H2,1-2H3,(H,34,35)(H2,30,31,37). The van der Waals surface area contributed by atoms with Crippen molar-refractivity contribution in [2.75, 3.05) is 44.2 Å². The van der Waals surface area contributed by atoms with Crippen LogP contribution in [0, 0.1) is 25.7 Å². The molecule has 4 rings (SSSR count). The van der Waals surface area contributed by atoms with Crippen molar-refractivity contribution >= 4 is 23.6 Å². The van der Waals surface area contributed by atoms with E-state index in [0.29, 0.717) is 31.3 Å². The third kappa shape index (κ3) is 6.81. The number of carboxylic acid groups (broad SMARTS) is 1. The molecule has 8 heteroatoms.